The topological polar surface area (TPSA) is 84.8 Å². The second-order valence-corrected chi connectivity index (χ2v) is 6.88. The molecule has 1 unspecified atom stereocenters. The molecule has 0 aliphatic carbocycles. The van der Waals surface area contributed by atoms with Gasteiger partial charge in [-0.15, -0.1) is 0 Å². The van der Waals surface area contributed by atoms with Crippen molar-refractivity contribution in [1.29, 1.82) is 0 Å². The van der Waals surface area contributed by atoms with E-state index in [9.17, 15) is 18.0 Å². The highest BCUT2D eigenvalue weighted by atomic mass is 35.5. The van der Waals surface area contributed by atoms with Crippen LogP contribution in [0.1, 0.15) is 12.0 Å². The molecular formula is C20H18ClF3N4O3. The lowest BCUT2D eigenvalue weighted by molar-refractivity contribution is -0.137. The molecule has 0 bridgehead atoms. The zero-order valence-electron chi connectivity index (χ0n) is 16.2. The van der Waals surface area contributed by atoms with Crippen LogP contribution < -0.4 is 15.4 Å². The predicted octanol–water partition coefficient (Wildman–Crippen LogP) is 4.51. The van der Waals surface area contributed by atoms with Crippen LogP contribution in [0.2, 0.25) is 5.02 Å². The number of anilines is 2. The van der Waals surface area contributed by atoms with E-state index in [0.29, 0.717) is 6.20 Å². The molecule has 2 aromatic rings. The zero-order valence-corrected chi connectivity index (χ0v) is 17.0. The average molecular weight is 455 g/mol. The van der Waals surface area contributed by atoms with Crippen LogP contribution in [0.15, 0.2) is 54.0 Å². The number of nitrogens with zero attached hydrogens (tertiary/aromatic N) is 2. The first-order chi connectivity index (χ1) is 14.8. The highest BCUT2D eigenvalue weighted by Crippen LogP contribution is 2.32. The number of hydrogen-bond donors (Lipinski definition) is 2. The molecule has 0 fully saturated rings. The van der Waals surface area contributed by atoms with Crippen molar-refractivity contribution >= 4 is 34.6 Å². The summed E-state index contributed by atoms with van der Waals surface area (Å²) in [6.07, 6.45) is -1.27. The molecule has 2 heterocycles. The van der Waals surface area contributed by atoms with Crippen LogP contribution in [0.5, 0.6) is 5.75 Å². The van der Waals surface area contributed by atoms with Crippen LogP contribution in [-0.4, -0.2) is 36.2 Å². The quantitative estimate of drug-likeness (QED) is 0.571. The number of alkyl halides is 3. The summed E-state index contributed by atoms with van der Waals surface area (Å²) >= 11 is 5.85. The van der Waals surface area contributed by atoms with Gasteiger partial charge in [-0.25, -0.2) is 4.98 Å². The monoisotopic (exact) mass is 454 g/mol. The van der Waals surface area contributed by atoms with E-state index in [1.54, 1.807) is 31.4 Å². The van der Waals surface area contributed by atoms with Gasteiger partial charge in [0.05, 0.1) is 24.2 Å². The predicted molar refractivity (Wildman–Crippen MR) is 110 cm³/mol. The molecule has 1 aromatic heterocycles. The first-order valence-electron chi connectivity index (χ1n) is 9.07. The maximum atomic E-state index is 12.7. The molecule has 2 N–H and O–H groups in total. The summed E-state index contributed by atoms with van der Waals surface area (Å²) in [6.45, 7) is 0.159. The number of ketones is 1. The molecular weight excluding hydrogens is 437 g/mol. The number of pyridine rings is 1. The number of benzene rings is 1. The number of oxime groups is 1. The summed E-state index contributed by atoms with van der Waals surface area (Å²) in [6, 6.07) is 7.95. The van der Waals surface area contributed by atoms with E-state index in [0.717, 1.165) is 17.5 Å². The Bertz CT molecular complexity index is 994. The van der Waals surface area contributed by atoms with Crippen molar-refractivity contribution in [3.63, 3.8) is 0 Å². The van der Waals surface area contributed by atoms with Crippen LogP contribution in [0.25, 0.3) is 0 Å². The minimum absolute atomic E-state index is 0.0848. The summed E-state index contributed by atoms with van der Waals surface area (Å²) in [7, 11) is 1.57. The molecule has 0 saturated heterocycles. The number of carbonyl (C=O) groups is 1. The van der Waals surface area contributed by atoms with Gasteiger partial charge in [0.15, 0.2) is 6.10 Å². The number of methoxy groups -OCH3 is 1. The van der Waals surface area contributed by atoms with Gasteiger partial charge in [0, 0.05) is 30.6 Å². The fraction of sp³-hybridized carbons (Fsp3) is 0.250. The highest BCUT2D eigenvalue weighted by molar-refractivity contribution is 6.44. The molecule has 31 heavy (non-hydrogen) atoms. The summed E-state index contributed by atoms with van der Waals surface area (Å²) in [5, 5.41) is 9.37. The normalized spacial score (nSPS) is 16.0. The Morgan fingerprint density at radius 1 is 1.35 bits per heavy atom. The van der Waals surface area contributed by atoms with Gasteiger partial charge in [-0.05, 0) is 30.3 Å². The van der Waals surface area contributed by atoms with Gasteiger partial charge in [-0.3, -0.25) is 4.79 Å². The molecule has 0 spiro atoms. The van der Waals surface area contributed by atoms with Crippen molar-refractivity contribution in [2.24, 2.45) is 5.16 Å². The van der Waals surface area contributed by atoms with E-state index in [1.165, 1.54) is 12.3 Å². The first kappa shape index (κ1) is 22.4. The molecule has 1 aliphatic rings. The smallest absolute Gasteiger partial charge is 0.417 e. The third kappa shape index (κ3) is 6.11. The van der Waals surface area contributed by atoms with Crippen LogP contribution >= 0.6 is 11.6 Å². The van der Waals surface area contributed by atoms with Crippen molar-refractivity contribution < 1.29 is 27.5 Å². The maximum Gasteiger partial charge on any atom is 0.417 e. The van der Waals surface area contributed by atoms with Crippen LogP contribution in [0.4, 0.5) is 24.7 Å². The summed E-state index contributed by atoms with van der Waals surface area (Å²) in [5.74, 6) is 0.478. The Balaban J connectivity index is 1.46. The van der Waals surface area contributed by atoms with E-state index in [2.05, 4.69) is 20.8 Å². The largest absolute Gasteiger partial charge is 0.497 e. The molecule has 0 radical (unpaired) electrons. The molecule has 1 atom stereocenters. The second kappa shape index (κ2) is 9.69. The Kier molecular flexibility index (Phi) is 7.01. The number of aromatic nitrogens is 1. The van der Waals surface area contributed by atoms with Crippen LogP contribution in [0.3, 0.4) is 0 Å². The zero-order chi connectivity index (χ0) is 22.4. The molecule has 1 aromatic carbocycles. The van der Waals surface area contributed by atoms with Gasteiger partial charge in [0.2, 0.25) is 5.78 Å². The number of ether oxygens (including phenoxy) is 1. The number of allylic oxidation sites excluding steroid dienone is 1. The Morgan fingerprint density at radius 2 is 2.10 bits per heavy atom. The molecule has 3 rings (SSSR count). The Morgan fingerprint density at radius 3 is 2.74 bits per heavy atom. The van der Waals surface area contributed by atoms with Crippen molar-refractivity contribution in [3.8, 4) is 5.75 Å². The van der Waals surface area contributed by atoms with Gasteiger partial charge in [-0.1, -0.05) is 16.8 Å². The number of rotatable bonds is 8. The van der Waals surface area contributed by atoms with Gasteiger partial charge in [0.25, 0.3) is 0 Å². The molecule has 7 nitrogen and oxygen atoms in total. The molecule has 0 amide bonds. The SMILES string of the molecule is COc1ccc(NC=CC(=O)C2=NOC(CNc3ncc(C(F)(F)F)cc3Cl)C2)cc1. The highest BCUT2D eigenvalue weighted by Gasteiger charge is 2.32. The Hall–Kier alpha value is -3.27. The summed E-state index contributed by atoms with van der Waals surface area (Å²) in [4.78, 5) is 21.1. The van der Waals surface area contributed by atoms with Gasteiger partial charge in [-0.2, -0.15) is 13.2 Å². The third-order valence-corrected chi connectivity index (χ3v) is 4.55. The molecule has 11 heteroatoms. The summed E-state index contributed by atoms with van der Waals surface area (Å²) in [5.41, 5.74) is 0.0648. The number of hydrogen-bond acceptors (Lipinski definition) is 7. The average Bonchev–Trinajstić information content (AvgIpc) is 3.22. The maximum absolute atomic E-state index is 12.7. The van der Waals surface area contributed by atoms with Crippen LogP contribution in [-0.2, 0) is 15.8 Å². The number of carbonyl (C=O) groups excluding carboxylic acids is 1. The molecule has 1 aliphatic heterocycles. The van der Waals surface area contributed by atoms with Crippen molar-refractivity contribution in [2.45, 2.75) is 18.7 Å². The minimum atomic E-state index is -4.53. The van der Waals surface area contributed by atoms with E-state index >= 15 is 0 Å². The van der Waals surface area contributed by atoms with Gasteiger partial charge >= 0.3 is 6.18 Å². The lowest BCUT2D eigenvalue weighted by Gasteiger charge is -2.13. The molecule has 164 valence electrons. The lowest BCUT2D eigenvalue weighted by Crippen LogP contribution is -2.22. The lowest BCUT2D eigenvalue weighted by atomic mass is 10.1. The van der Waals surface area contributed by atoms with Crippen molar-refractivity contribution in [2.75, 3.05) is 24.3 Å². The van der Waals surface area contributed by atoms with E-state index in [1.807, 2.05) is 0 Å². The third-order valence-electron chi connectivity index (χ3n) is 4.26. The van der Waals surface area contributed by atoms with E-state index in [4.69, 9.17) is 21.2 Å². The van der Waals surface area contributed by atoms with Crippen molar-refractivity contribution in [1.82, 2.24) is 4.98 Å². The first-order valence-corrected chi connectivity index (χ1v) is 9.45. The van der Waals surface area contributed by atoms with Gasteiger partial charge < -0.3 is 20.2 Å². The van der Waals surface area contributed by atoms with Crippen molar-refractivity contribution in [3.05, 3.63) is 59.4 Å². The number of halogens is 4. The second-order valence-electron chi connectivity index (χ2n) is 6.47. The standard InChI is InChI=1S/C20H18ClF3N4O3/c1-30-14-4-2-13(3-5-14)25-7-6-18(29)17-9-15(31-28-17)11-27-19-16(21)8-12(10-26-19)20(22,23)24/h2-8,10,15,25H,9,11H2,1H3,(H,26,27). The van der Waals surface area contributed by atoms with Gasteiger partial charge in [0.1, 0.15) is 17.3 Å². The minimum Gasteiger partial charge on any atom is -0.497 e. The van der Waals surface area contributed by atoms with E-state index in [-0.39, 0.29) is 35.3 Å². The Labute approximate surface area is 180 Å². The molecule has 0 saturated carbocycles. The number of nitrogens with one attached hydrogen (secondary N) is 2. The summed E-state index contributed by atoms with van der Waals surface area (Å²) < 4.78 is 43.1. The fourth-order valence-corrected chi connectivity index (χ4v) is 2.85. The van der Waals surface area contributed by atoms with Crippen LogP contribution in [0, 0.1) is 0 Å². The fourth-order valence-electron chi connectivity index (χ4n) is 2.61. The van der Waals surface area contributed by atoms with E-state index < -0.39 is 17.8 Å².